The monoisotopic (exact) mass is 390 g/mol. The van der Waals surface area contributed by atoms with Gasteiger partial charge in [-0.1, -0.05) is 19.1 Å². The number of H-pyrrole nitrogens is 1. The summed E-state index contributed by atoms with van der Waals surface area (Å²) < 4.78 is 0. The Balaban J connectivity index is 1.43. The summed E-state index contributed by atoms with van der Waals surface area (Å²) in [6, 6.07) is 13.9. The molecule has 0 radical (unpaired) electrons. The number of fused-ring (bicyclic) bond motifs is 1. The normalized spacial score (nSPS) is 18.7. The fourth-order valence-corrected chi connectivity index (χ4v) is 4.02. The molecule has 1 saturated carbocycles. The molecule has 6 nitrogen and oxygen atoms in total. The van der Waals surface area contributed by atoms with Crippen LogP contribution in [0.1, 0.15) is 43.0 Å². The summed E-state index contributed by atoms with van der Waals surface area (Å²) in [4.78, 5) is 34.1. The second-order valence-corrected chi connectivity index (χ2v) is 7.69. The van der Waals surface area contributed by atoms with Gasteiger partial charge in [0.25, 0.3) is 5.91 Å². The van der Waals surface area contributed by atoms with Gasteiger partial charge < -0.3 is 15.2 Å². The van der Waals surface area contributed by atoms with Crippen molar-refractivity contribution >= 4 is 22.8 Å². The standard InChI is InChI=1S/C23H26N4O2/c1-3-22(28)25-17-8-9-18(14-17)27(2)23(29)16-6-4-15(5-7-16)19-10-11-20-21(26-19)12-13-24-20/h4-7,10-13,17-18,24H,3,8-9,14H2,1-2H3,(H,25,28)/t17-,18+/m0/s1. The number of carbonyl (C=O) groups excluding carboxylic acids is 2. The van der Waals surface area contributed by atoms with Gasteiger partial charge in [0.05, 0.1) is 16.7 Å². The van der Waals surface area contributed by atoms with E-state index in [0.29, 0.717) is 12.0 Å². The number of nitrogens with one attached hydrogen (secondary N) is 2. The van der Waals surface area contributed by atoms with Crippen molar-refractivity contribution in [2.24, 2.45) is 0 Å². The van der Waals surface area contributed by atoms with Crippen LogP contribution in [0.4, 0.5) is 0 Å². The van der Waals surface area contributed by atoms with Crippen LogP contribution >= 0.6 is 0 Å². The molecule has 6 heteroatoms. The Labute approximate surface area is 170 Å². The molecule has 2 N–H and O–H groups in total. The number of amides is 2. The van der Waals surface area contributed by atoms with Crippen LogP contribution in [0, 0.1) is 0 Å². The number of aromatic nitrogens is 2. The second-order valence-electron chi connectivity index (χ2n) is 7.69. The van der Waals surface area contributed by atoms with Crippen molar-refractivity contribution in [3.05, 3.63) is 54.2 Å². The Morgan fingerprint density at radius 1 is 1.14 bits per heavy atom. The molecule has 2 amide bonds. The lowest BCUT2D eigenvalue weighted by molar-refractivity contribution is -0.121. The van der Waals surface area contributed by atoms with Crippen LogP contribution in [0.2, 0.25) is 0 Å². The lowest BCUT2D eigenvalue weighted by Gasteiger charge is -2.25. The Kier molecular flexibility index (Phi) is 5.34. The maximum atomic E-state index is 12.9. The number of benzene rings is 1. The molecule has 1 aromatic carbocycles. The molecule has 150 valence electrons. The summed E-state index contributed by atoms with van der Waals surface area (Å²) in [5, 5.41) is 3.04. The summed E-state index contributed by atoms with van der Waals surface area (Å²) >= 11 is 0. The van der Waals surface area contributed by atoms with E-state index in [9.17, 15) is 9.59 Å². The molecule has 4 rings (SSSR count). The van der Waals surface area contributed by atoms with E-state index in [1.807, 2.05) is 67.5 Å². The van der Waals surface area contributed by atoms with Crippen LogP contribution in [0.5, 0.6) is 0 Å². The molecule has 0 saturated heterocycles. The van der Waals surface area contributed by atoms with Gasteiger partial charge in [0.2, 0.25) is 5.91 Å². The van der Waals surface area contributed by atoms with Gasteiger partial charge in [0.15, 0.2) is 0 Å². The molecule has 1 aliphatic rings. The summed E-state index contributed by atoms with van der Waals surface area (Å²) in [7, 11) is 1.85. The molecule has 1 fully saturated rings. The number of hydrogen-bond acceptors (Lipinski definition) is 3. The van der Waals surface area contributed by atoms with E-state index in [1.54, 1.807) is 0 Å². The summed E-state index contributed by atoms with van der Waals surface area (Å²) in [5.74, 6) is 0.0877. The molecular weight excluding hydrogens is 364 g/mol. The molecule has 0 bridgehead atoms. The smallest absolute Gasteiger partial charge is 0.253 e. The van der Waals surface area contributed by atoms with Gasteiger partial charge in [0, 0.05) is 42.9 Å². The van der Waals surface area contributed by atoms with E-state index in [1.165, 1.54) is 0 Å². The third kappa shape index (κ3) is 4.01. The molecule has 2 heterocycles. The molecule has 1 aliphatic carbocycles. The third-order valence-electron chi connectivity index (χ3n) is 5.79. The maximum Gasteiger partial charge on any atom is 0.253 e. The summed E-state index contributed by atoms with van der Waals surface area (Å²) in [5.41, 5.74) is 4.46. The van der Waals surface area contributed by atoms with Crippen molar-refractivity contribution in [3.63, 3.8) is 0 Å². The van der Waals surface area contributed by atoms with Crippen molar-refractivity contribution in [1.29, 1.82) is 0 Å². The zero-order chi connectivity index (χ0) is 20.4. The van der Waals surface area contributed by atoms with E-state index in [-0.39, 0.29) is 23.9 Å². The summed E-state index contributed by atoms with van der Waals surface area (Å²) in [6.07, 6.45) is 5.01. The van der Waals surface area contributed by atoms with Crippen molar-refractivity contribution in [2.75, 3.05) is 7.05 Å². The Bertz CT molecular complexity index is 1020. The summed E-state index contributed by atoms with van der Waals surface area (Å²) in [6.45, 7) is 1.85. The van der Waals surface area contributed by atoms with Crippen molar-refractivity contribution in [2.45, 2.75) is 44.7 Å². The minimum absolute atomic E-state index is 0.0121. The molecule has 3 aromatic rings. The topological polar surface area (TPSA) is 78.1 Å². The van der Waals surface area contributed by atoms with Gasteiger partial charge in [-0.05, 0) is 49.6 Å². The van der Waals surface area contributed by atoms with Crippen LogP contribution < -0.4 is 5.32 Å². The number of carbonyl (C=O) groups is 2. The predicted octanol–water partition coefficient (Wildman–Crippen LogP) is 3.75. The van der Waals surface area contributed by atoms with Gasteiger partial charge in [-0.15, -0.1) is 0 Å². The first-order chi connectivity index (χ1) is 14.0. The van der Waals surface area contributed by atoms with Crippen molar-refractivity contribution in [1.82, 2.24) is 20.2 Å². The number of nitrogens with zero attached hydrogens (tertiary/aromatic N) is 2. The van der Waals surface area contributed by atoms with Gasteiger partial charge in [0.1, 0.15) is 0 Å². The highest BCUT2D eigenvalue weighted by atomic mass is 16.2. The zero-order valence-electron chi connectivity index (χ0n) is 16.8. The van der Waals surface area contributed by atoms with Gasteiger partial charge >= 0.3 is 0 Å². The van der Waals surface area contributed by atoms with Crippen molar-refractivity contribution in [3.8, 4) is 11.3 Å². The molecular formula is C23H26N4O2. The lowest BCUT2D eigenvalue weighted by Crippen LogP contribution is -2.38. The molecule has 29 heavy (non-hydrogen) atoms. The highest BCUT2D eigenvalue weighted by Gasteiger charge is 2.30. The molecule has 0 unspecified atom stereocenters. The maximum absolute atomic E-state index is 12.9. The average molecular weight is 390 g/mol. The highest BCUT2D eigenvalue weighted by molar-refractivity contribution is 5.94. The number of rotatable bonds is 5. The van der Waals surface area contributed by atoms with E-state index in [2.05, 4.69) is 15.3 Å². The largest absolute Gasteiger partial charge is 0.360 e. The van der Waals surface area contributed by atoms with E-state index in [4.69, 9.17) is 0 Å². The van der Waals surface area contributed by atoms with Crippen LogP contribution in [0.25, 0.3) is 22.3 Å². The Morgan fingerprint density at radius 2 is 1.93 bits per heavy atom. The van der Waals surface area contributed by atoms with E-state index < -0.39 is 0 Å². The van der Waals surface area contributed by atoms with Gasteiger partial charge in [-0.25, -0.2) is 4.98 Å². The number of pyridine rings is 1. The molecule has 0 aliphatic heterocycles. The van der Waals surface area contributed by atoms with E-state index in [0.717, 1.165) is 41.6 Å². The Morgan fingerprint density at radius 3 is 2.69 bits per heavy atom. The zero-order valence-corrected chi connectivity index (χ0v) is 16.8. The van der Waals surface area contributed by atoms with Gasteiger partial charge in [-0.3, -0.25) is 9.59 Å². The highest BCUT2D eigenvalue weighted by Crippen LogP contribution is 2.26. The van der Waals surface area contributed by atoms with Crippen LogP contribution in [0.15, 0.2) is 48.7 Å². The predicted molar refractivity (Wildman–Crippen MR) is 113 cm³/mol. The van der Waals surface area contributed by atoms with Crippen LogP contribution in [-0.4, -0.2) is 45.8 Å². The first-order valence-electron chi connectivity index (χ1n) is 10.2. The molecule has 0 spiro atoms. The number of hydrogen-bond donors (Lipinski definition) is 2. The number of aromatic amines is 1. The minimum Gasteiger partial charge on any atom is -0.360 e. The third-order valence-corrected chi connectivity index (χ3v) is 5.79. The molecule has 2 aromatic heterocycles. The SMILES string of the molecule is CCC(=O)N[C@H]1CC[C@@H](N(C)C(=O)c2ccc(-c3ccc4[nH]ccc4n3)cc2)C1. The first kappa shape index (κ1) is 19.2. The van der Waals surface area contributed by atoms with Crippen LogP contribution in [0.3, 0.4) is 0 Å². The van der Waals surface area contributed by atoms with E-state index >= 15 is 0 Å². The minimum atomic E-state index is 0.0121. The van der Waals surface area contributed by atoms with Gasteiger partial charge in [-0.2, -0.15) is 0 Å². The lowest BCUT2D eigenvalue weighted by atomic mass is 10.1. The average Bonchev–Trinajstić information content (AvgIpc) is 3.41. The first-order valence-corrected chi connectivity index (χ1v) is 10.2. The van der Waals surface area contributed by atoms with Crippen LogP contribution in [-0.2, 0) is 4.79 Å². The second kappa shape index (κ2) is 8.07. The van der Waals surface area contributed by atoms with Crippen molar-refractivity contribution < 1.29 is 9.59 Å². The fraction of sp³-hybridized carbons (Fsp3) is 0.348. The fourth-order valence-electron chi connectivity index (χ4n) is 4.02. The Hall–Kier alpha value is -3.15. The molecule has 2 atom stereocenters. The quantitative estimate of drug-likeness (QED) is 0.696.